The largest absolute Gasteiger partial charge is 0.338 e. The molecule has 1 N–H and O–H groups in total. The lowest BCUT2D eigenvalue weighted by Crippen LogP contribution is -1.80. The van der Waals surface area contributed by atoms with Gasteiger partial charge in [0.05, 0.1) is 15.7 Å². The number of hydrogen-bond acceptors (Lipinski definition) is 4. The number of benzene rings is 2. The zero-order valence-corrected chi connectivity index (χ0v) is 10.1. The molecule has 2 aromatic carbocycles. The minimum Gasteiger partial charge on any atom is -0.338 e. The van der Waals surface area contributed by atoms with E-state index < -0.39 is 0 Å². The van der Waals surface area contributed by atoms with Crippen molar-refractivity contribution in [2.45, 2.75) is 0 Å². The highest BCUT2D eigenvalue weighted by molar-refractivity contribution is 7.12. The quantitative estimate of drug-likeness (QED) is 0.566. The van der Waals surface area contributed by atoms with Gasteiger partial charge in [0.1, 0.15) is 11.3 Å². The molecule has 18 heavy (non-hydrogen) atoms. The van der Waals surface area contributed by atoms with Crippen LogP contribution in [0.15, 0.2) is 42.5 Å². The van der Waals surface area contributed by atoms with Crippen LogP contribution >= 0.6 is 11.5 Å². The van der Waals surface area contributed by atoms with Gasteiger partial charge in [0.25, 0.3) is 0 Å². The summed E-state index contributed by atoms with van der Waals surface area (Å²) >= 11 is 1.40. The van der Waals surface area contributed by atoms with E-state index in [0.717, 1.165) is 32.6 Å². The Morgan fingerprint density at radius 1 is 1.00 bits per heavy atom. The van der Waals surface area contributed by atoms with Gasteiger partial charge in [0.15, 0.2) is 0 Å². The minimum absolute atomic E-state index is 0.867. The van der Waals surface area contributed by atoms with E-state index in [4.69, 9.17) is 0 Å². The SMILES string of the molecule is c1ccc2[nH]c(-c3ccc4snnc4c3)nc2c1. The molecule has 0 radical (unpaired) electrons. The van der Waals surface area contributed by atoms with E-state index in [1.165, 1.54) is 11.5 Å². The molecule has 0 unspecified atom stereocenters. The van der Waals surface area contributed by atoms with Crippen molar-refractivity contribution in [3.8, 4) is 11.4 Å². The van der Waals surface area contributed by atoms with Gasteiger partial charge in [-0.25, -0.2) is 4.98 Å². The third-order valence-electron chi connectivity index (χ3n) is 2.91. The number of fused-ring (bicyclic) bond motifs is 2. The average Bonchev–Trinajstić information content (AvgIpc) is 3.04. The van der Waals surface area contributed by atoms with Crippen molar-refractivity contribution in [1.82, 2.24) is 19.6 Å². The Balaban J connectivity index is 1.94. The number of nitrogens with one attached hydrogen (secondary N) is 1. The van der Waals surface area contributed by atoms with Crippen LogP contribution in [0, 0.1) is 0 Å². The Morgan fingerprint density at radius 2 is 1.94 bits per heavy atom. The molecule has 0 spiro atoms. The van der Waals surface area contributed by atoms with Crippen LogP contribution in [0.3, 0.4) is 0 Å². The third kappa shape index (κ3) is 1.41. The first kappa shape index (κ1) is 9.73. The monoisotopic (exact) mass is 252 g/mol. The maximum Gasteiger partial charge on any atom is 0.138 e. The van der Waals surface area contributed by atoms with Crippen molar-refractivity contribution in [3.63, 3.8) is 0 Å². The van der Waals surface area contributed by atoms with Crippen LogP contribution in [0.25, 0.3) is 32.6 Å². The second kappa shape index (κ2) is 3.61. The number of rotatable bonds is 1. The van der Waals surface area contributed by atoms with Crippen molar-refractivity contribution in [1.29, 1.82) is 0 Å². The minimum atomic E-state index is 0.867. The maximum absolute atomic E-state index is 4.57. The summed E-state index contributed by atoms with van der Waals surface area (Å²) in [5, 5.41) is 4.09. The fourth-order valence-corrected chi connectivity index (χ4v) is 2.56. The Hall–Kier alpha value is -2.27. The molecule has 0 atom stereocenters. The Bertz CT molecular complexity index is 813. The summed E-state index contributed by atoms with van der Waals surface area (Å²) in [4.78, 5) is 7.89. The zero-order valence-electron chi connectivity index (χ0n) is 9.29. The molecule has 4 aromatic rings. The lowest BCUT2D eigenvalue weighted by Gasteiger charge is -1.95. The lowest BCUT2D eigenvalue weighted by molar-refractivity contribution is 1.20. The second-order valence-electron chi connectivity index (χ2n) is 4.06. The number of nitrogens with zero attached hydrogens (tertiary/aromatic N) is 3. The predicted octanol–water partition coefficient (Wildman–Crippen LogP) is 3.23. The first-order valence-electron chi connectivity index (χ1n) is 5.57. The summed E-state index contributed by atoms with van der Waals surface area (Å²) in [7, 11) is 0. The van der Waals surface area contributed by atoms with Crippen LogP contribution in [0.1, 0.15) is 0 Å². The first-order chi connectivity index (χ1) is 8.90. The van der Waals surface area contributed by atoms with Gasteiger partial charge in [-0.05, 0) is 41.9 Å². The molecule has 4 nitrogen and oxygen atoms in total. The summed E-state index contributed by atoms with van der Waals surface area (Å²) in [6.45, 7) is 0. The van der Waals surface area contributed by atoms with Crippen molar-refractivity contribution in [3.05, 3.63) is 42.5 Å². The molecule has 0 aliphatic rings. The highest BCUT2D eigenvalue weighted by Crippen LogP contribution is 2.24. The molecule has 4 rings (SSSR count). The van der Waals surface area contributed by atoms with Gasteiger partial charge < -0.3 is 4.98 Å². The number of imidazole rings is 1. The van der Waals surface area contributed by atoms with E-state index in [-0.39, 0.29) is 0 Å². The van der Waals surface area contributed by atoms with Gasteiger partial charge in [0.2, 0.25) is 0 Å². The third-order valence-corrected chi connectivity index (χ3v) is 3.61. The molecule has 0 saturated carbocycles. The topological polar surface area (TPSA) is 54.5 Å². The molecule has 0 amide bonds. The Labute approximate surface area is 106 Å². The molecule has 2 heterocycles. The zero-order chi connectivity index (χ0) is 11.9. The second-order valence-corrected chi connectivity index (χ2v) is 4.84. The number of para-hydroxylation sites is 2. The van der Waals surface area contributed by atoms with Gasteiger partial charge in [-0.3, -0.25) is 0 Å². The molecule has 0 saturated heterocycles. The summed E-state index contributed by atoms with van der Waals surface area (Å²) in [5.74, 6) is 0.867. The lowest BCUT2D eigenvalue weighted by atomic mass is 10.2. The van der Waals surface area contributed by atoms with Gasteiger partial charge in [0, 0.05) is 5.56 Å². The van der Waals surface area contributed by atoms with Crippen LogP contribution in [0.2, 0.25) is 0 Å². The van der Waals surface area contributed by atoms with Crippen molar-refractivity contribution in [2.75, 3.05) is 0 Å². The molecule has 2 aromatic heterocycles. The fourth-order valence-electron chi connectivity index (χ4n) is 2.02. The van der Waals surface area contributed by atoms with E-state index in [0.29, 0.717) is 0 Å². The van der Waals surface area contributed by atoms with Crippen LogP contribution in [0.5, 0.6) is 0 Å². The number of H-pyrrole nitrogens is 1. The van der Waals surface area contributed by atoms with E-state index in [1.54, 1.807) is 0 Å². The molecular formula is C13H8N4S. The van der Waals surface area contributed by atoms with Gasteiger partial charge in [-0.2, -0.15) is 0 Å². The molecule has 86 valence electrons. The van der Waals surface area contributed by atoms with Crippen LogP contribution < -0.4 is 0 Å². The van der Waals surface area contributed by atoms with Gasteiger partial charge >= 0.3 is 0 Å². The van der Waals surface area contributed by atoms with Crippen LogP contribution in [-0.2, 0) is 0 Å². The summed E-state index contributed by atoms with van der Waals surface area (Å²) in [5.41, 5.74) is 3.97. The van der Waals surface area contributed by atoms with E-state index in [2.05, 4.69) is 19.6 Å². The number of aromatic nitrogens is 4. The number of aromatic amines is 1. The molecule has 0 aliphatic heterocycles. The molecular weight excluding hydrogens is 244 g/mol. The predicted molar refractivity (Wildman–Crippen MR) is 72.5 cm³/mol. The van der Waals surface area contributed by atoms with Crippen LogP contribution in [-0.4, -0.2) is 19.6 Å². The molecule has 5 heteroatoms. The average molecular weight is 252 g/mol. The van der Waals surface area contributed by atoms with Crippen molar-refractivity contribution in [2.24, 2.45) is 0 Å². The normalized spacial score (nSPS) is 11.3. The fraction of sp³-hybridized carbons (Fsp3) is 0. The van der Waals surface area contributed by atoms with Gasteiger partial charge in [-0.15, -0.1) is 5.10 Å². The van der Waals surface area contributed by atoms with Crippen molar-refractivity contribution < 1.29 is 0 Å². The molecule has 0 fully saturated rings. The smallest absolute Gasteiger partial charge is 0.138 e. The Morgan fingerprint density at radius 3 is 2.89 bits per heavy atom. The summed E-state index contributed by atoms with van der Waals surface area (Å²) < 4.78 is 5.03. The van der Waals surface area contributed by atoms with Crippen molar-refractivity contribution >= 4 is 32.8 Å². The van der Waals surface area contributed by atoms with E-state index in [9.17, 15) is 0 Å². The molecule has 0 aliphatic carbocycles. The number of hydrogen-bond donors (Lipinski definition) is 1. The highest BCUT2D eigenvalue weighted by atomic mass is 32.1. The van der Waals surface area contributed by atoms with E-state index in [1.807, 2.05) is 42.5 Å². The standard InChI is InChI=1S/C13H8N4S/c1-2-4-10-9(3-1)14-13(15-10)8-5-6-12-11(7-8)16-17-18-12/h1-7H,(H,14,15). The van der Waals surface area contributed by atoms with Crippen LogP contribution in [0.4, 0.5) is 0 Å². The molecule has 0 bridgehead atoms. The summed E-state index contributed by atoms with van der Waals surface area (Å²) in [6, 6.07) is 14.1. The highest BCUT2D eigenvalue weighted by Gasteiger charge is 2.06. The maximum atomic E-state index is 4.57. The van der Waals surface area contributed by atoms with E-state index >= 15 is 0 Å². The van der Waals surface area contributed by atoms with Gasteiger partial charge in [-0.1, -0.05) is 16.6 Å². The first-order valence-corrected chi connectivity index (χ1v) is 6.35. The Kier molecular flexibility index (Phi) is 1.95. The summed E-state index contributed by atoms with van der Waals surface area (Å²) in [6.07, 6.45) is 0.